The molecule has 1 heterocycles. The molecule has 1 aromatic heterocycles. The molecular formula is C18H30N2O. The van der Waals surface area contributed by atoms with Crippen molar-refractivity contribution in [3.8, 4) is 5.88 Å². The van der Waals surface area contributed by atoms with Crippen LogP contribution in [0.25, 0.3) is 0 Å². The molecule has 0 saturated heterocycles. The minimum atomic E-state index is 0.167. The Bertz CT molecular complexity index is 423. The zero-order valence-electron chi connectivity index (χ0n) is 13.9. The molecule has 1 aliphatic rings. The first-order valence-corrected chi connectivity index (χ1v) is 8.40. The molecule has 21 heavy (non-hydrogen) atoms. The smallest absolute Gasteiger partial charge is 0.218 e. The van der Waals surface area contributed by atoms with E-state index >= 15 is 0 Å². The topological polar surface area (TPSA) is 34.1 Å². The number of ether oxygens (including phenoxy) is 1. The lowest BCUT2D eigenvalue weighted by molar-refractivity contribution is 0.224. The molecular weight excluding hydrogens is 260 g/mol. The highest BCUT2D eigenvalue weighted by Gasteiger charge is 2.23. The van der Waals surface area contributed by atoms with Gasteiger partial charge < -0.3 is 10.1 Å². The zero-order chi connectivity index (χ0) is 15.2. The molecule has 0 unspecified atom stereocenters. The van der Waals surface area contributed by atoms with Gasteiger partial charge in [0.2, 0.25) is 5.88 Å². The van der Waals surface area contributed by atoms with Crippen molar-refractivity contribution in [1.82, 2.24) is 10.3 Å². The molecule has 0 atom stereocenters. The minimum Gasteiger partial charge on any atom is -0.475 e. The number of nitrogens with zero attached hydrogens (tertiary/aromatic N) is 1. The summed E-state index contributed by atoms with van der Waals surface area (Å²) in [6.07, 6.45) is 7.28. The first-order valence-electron chi connectivity index (χ1n) is 8.40. The van der Waals surface area contributed by atoms with Crippen LogP contribution >= 0.6 is 0 Å². The molecule has 0 aliphatic heterocycles. The van der Waals surface area contributed by atoms with Crippen molar-refractivity contribution in [3.63, 3.8) is 0 Å². The maximum atomic E-state index is 5.78. The van der Waals surface area contributed by atoms with Crippen LogP contribution in [0.5, 0.6) is 5.88 Å². The third-order valence-corrected chi connectivity index (χ3v) is 4.49. The van der Waals surface area contributed by atoms with Gasteiger partial charge in [0.1, 0.15) is 0 Å². The Morgan fingerprint density at radius 3 is 2.52 bits per heavy atom. The third kappa shape index (κ3) is 4.99. The van der Waals surface area contributed by atoms with E-state index in [9.17, 15) is 0 Å². The average molecular weight is 290 g/mol. The molecule has 0 aromatic carbocycles. The standard InChI is InChI=1S/C18H30N2O/c1-13(2)15-7-9-17(10-8-15)20-12-16-6-5-11-19-18(16)21-14(3)4/h5-6,11,13-15,17,20H,7-10,12H2,1-4H3. The summed E-state index contributed by atoms with van der Waals surface area (Å²) in [6.45, 7) is 9.64. The van der Waals surface area contributed by atoms with Gasteiger partial charge in [-0.2, -0.15) is 0 Å². The van der Waals surface area contributed by atoms with Gasteiger partial charge in [-0.1, -0.05) is 19.9 Å². The van der Waals surface area contributed by atoms with Crippen LogP contribution in [0, 0.1) is 11.8 Å². The SMILES string of the molecule is CC(C)Oc1ncccc1CNC1CCC(C(C)C)CC1. The highest BCUT2D eigenvalue weighted by atomic mass is 16.5. The molecule has 118 valence electrons. The van der Waals surface area contributed by atoms with Crippen molar-refractivity contribution in [2.45, 2.75) is 72.1 Å². The monoisotopic (exact) mass is 290 g/mol. The van der Waals surface area contributed by atoms with Gasteiger partial charge in [-0.3, -0.25) is 0 Å². The quantitative estimate of drug-likeness (QED) is 0.853. The largest absolute Gasteiger partial charge is 0.475 e. The van der Waals surface area contributed by atoms with E-state index in [0.717, 1.165) is 29.8 Å². The Morgan fingerprint density at radius 2 is 1.90 bits per heavy atom. The van der Waals surface area contributed by atoms with Crippen molar-refractivity contribution >= 4 is 0 Å². The van der Waals surface area contributed by atoms with E-state index in [1.54, 1.807) is 6.20 Å². The number of aromatic nitrogens is 1. The van der Waals surface area contributed by atoms with Crippen LogP contribution in [0.2, 0.25) is 0 Å². The summed E-state index contributed by atoms with van der Waals surface area (Å²) in [7, 11) is 0. The second kappa shape index (κ2) is 7.79. The van der Waals surface area contributed by atoms with E-state index in [1.165, 1.54) is 25.7 Å². The highest BCUT2D eigenvalue weighted by molar-refractivity contribution is 5.25. The van der Waals surface area contributed by atoms with E-state index in [-0.39, 0.29) is 6.10 Å². The van der Waals surface area contributed by atoms with Crippen molar-refractivity contribution in [2.75, 3.05) is 0 Å². The second-order valence-electron chi connectivity index (χ2n) is 6.87. The van der Waals surface area contributed by atoms with Gasteiger partial charge in [-0.15, -0.1) is 0 Å². The van der Waals surface area contributed by atoms with Crippen LogP contribution in [-0.4, -0.2) is 17.1 Å². The Kier molecular flexibility index (Phi) is 6.04. The molecule has 1 fully saturated rings. The molecule has 2 rings (SSSR count). The van der Waals surface area contributed by atoms with E-state index in [4.69, 9.17) is 4.74 Å². The molecule has 0 spiro atoms. The van der Waals surface area contributed by atoms with E-state index in [0.29, 0.717) is 6.04 Å². The summed E-state index contributed by atoms with van der Waals surface area (Å²) >= 11 is 0. The van der Waals surface area contributed by atoms with E-state index in [1.807, 2.05) is 19.9 Å². The molecule has 3 nitrogen and oxygen atoms in total. The summed E-state index contributed by atoms with van der Waals surface area (Å²) < 4.78 is 5.78. The van der Waals surface area contributed by atoms with Crippen LogP contribution in [0.1, 0.15) is 58.9 Å². The van der Waals surface area contributed by atoms with Gasteiger partial charge >= 0.3 is 0 Å². The summed E-state index contributed by atoms with van der Waals surface area (Å²) in [5.74, 6) is 2.52. The number of nitrogens with one attached hydrogen (secondary N) is 1. The molecule has 1 aliphatic carbocycles. The second-order valence-corrected chi connectivity index (χ2v) is 6.87. The van der Waals surface area contributed by atoms with Crippen molar-refractivity contribution < 1.29 is 4.74 Å². The molecule has 3 heteroatoms. The molecule has 0 bridgehead atoms. The van der Waals surface area contributed by atoms with Crippen molar-refractivity contribution in [3.05, 3.63) is 23.9 Å². The van der Waals surface area contributed by atoms with Crippen LogP contribution in [0.4, 0.5) is 0 Å². The summed E-state index contributed by atoms with van der Waals surface area (Å²) in [4.78, 5) is 4.36. The fourth-order valence-corrected chi connectivity index (χ4v) is 3.13. The van der Waals surface area contributed by atoms with Gasteiger partial charge in [0.15, 0.2) is 0 Å². The Labute approximate surface area is 129 Å². The van der Waals surface area contributed by atoms with E-state index < -0.39 is 0 Å². The number of hydrogen-bond acceptors (Lipinski definition) is 3. The molecule has 0 amide bonds. The minimum absolute atomic E-state index is 0.167. The lowest BCUT2D eigenvalue weighted by atomic mass is 9.80. The Hall–Kier alpha value is -1.09. The van der Waals surface area contributed by atoms with Gasteiger partial charge in [0.05, 0.1) is 6.10 Å². The van der Waals surface area contributed by atoms with Crippen LogP contribution in [0.15, 0.2) is 18.3 Å². The lowest BCUT2D eigenvalue weighted by Crippen LogP contribution is -2.34. The van der Waals surface area contributed by atoms with Gasteiger partial charge in [0, 0.05) is 24.3 Å². The lowest BCUT2D eigenvalue weighted by Gasteiger charge is -2.31. The maximum absolute atomic E-state index is 5.78. The maximum Gasteiger partial charge on any atom is 0.218 e. The molecule has 1 aromatic rings. The third-order valence-electron chi connectivity index (χ3n) is 4.49. The summed E-state index contributed by atoms with van der Waals surface area (Å²) in [5.41, 5.74) is 1.16. The van der Waals surface area contributed by atoms with Crippen LogP contribution in [-0.2, 0) is 6.54 Å². The molecule has 0 radical (unpaired) electrons. The Balaban J connectivity index is 1.84. The first-order chi connectivity index (χ1) is 10.1. The summed E-state index contributed by atoms with van der Waals surface area (Å²) in [6, 6.07) is 4.74. The van der Waals surface area contributed by atoms with Crippen LogP contribution < -0.4 is 10.1 Å². The average Bonchev–Trinajstić information content (AvgIpc) is 2.46. The number of hydrogen-bond donors (Lipinski definition) is 1. The predicted octanol–water partition coefficient (Wildman–Crippen LogP) is 4.17. The predicted molar refractivity (Wildman–Crippen MR) is 87.4 cm³/mol. The number of rotatable bonds is 6. The van der Waals surface area contributed by atoms with E-state index in [2.05, 4.69) is 30.2 Å². The number of pyridine rings is 1. The highest BCUT2D eigenvalue weighted by Crippen LogP contribution is 2.30. The zero-order valence-corrected chi connectivity index (χ0v) is 13.9. The fraction of sp³-hybridized carbons (Fsp3) is 0.722. The molecule has 1 saturated carbocycles. The molecule has 1 N–H and O–H groups in total. The normalized spacial score (nSPS) is 22.8. The Morgan fingerprint density at radius 1 is 1.19 bits per heavy atom. The first kappa shape index (κ1) is 16.3. The van der Waals surface area contributed by atoms with Crippen LogP contribution in [0.3, 0.4) is 0 Å². The summed E-state index contributed by atoms with van der Waals surface area (Å²) in [5, 5.41) is 3.69. The van der Waals surface area contributed by atoms with Gasteiger partial charge in [0.25, 0.3) is 0 Å². The van der Waals surface area contributed by atoms with Crippen molar-refractivity contribution in [1.29, 1.82) is 0 Å². The van der Waals surface area contributed by atoms with Crippen molar-refractivity contribution in [2.24, 2.45) is 11.8 Å². The van der Waals surface area contributed by atoms with Gasteiger partial charge in [-0.25, -0.2) is 4.98 Å². The van der Waals surface area contributed by atoms with Gasteiger partial charge in [-0.05, 0) is 57.4 Å². The fourth-order valence-electron chi connectivity index (χ4n) is 3.13.